The summed E-state index contributed by atoms with van der Waals surface area (Å²) >= 11 is 0. The number of aliphatic hydroxyl groups is 1. The van der Waals surface area contributed by atoms with E-state index in [2.05, 4.69) is 5.32 Å². The zero-order valence-corrected chi connectivity index (χ0v) is 10.9. The highest BCUT2D eigenvalue weighted by Gasteiger charge is 2.36. The number of hydrogen-bond acceptors (Lipinski definition) is 2. The van der Waals surface area contributed by atoms with Gasteiger partial charge in [0.05, 0.1) is 22.8 Å². The summed E-state index contributed by atoms with van der Waals surface area (Å²) in [5.74, 6) is -0.862. The summed E-state index contributed by atoms with van der Waals surface area (Å²) in [6.07, 6.45) is -5.49. The quantitative estimate of drug-likeness (QED) is 0.890. The van der Waals surface area contributed by atoms with Gasteiger partial charge < -0.3 is 10.4 Å². The summed E-state index contributed by atoms with van der Waals surface area (Å²) in [4.78, 5) is 11.9. The monoisotopic (exact) mass is 275 g/mol. The van der Waals surface area contributed by atoms with Crippen LogP contribution in [-0.4, -0.2) is 22.7 Å². The Morgan fingerprint density at radius 2 is 1.79 bits per heavy atom. The van der Waals surface area contributed by atoms with Crippen molar-refractivity contribution in [2.24, 2.45) is 0 Å². The van der Waals surface area contributed by atoms with Crippen molar-refractivity contribution in [1.82, 2.24) is 5.32 Å². The number of alkyl halides is 3. The number of rotatable bonds is 3. The molecule has 0 fully saturated rings. The van der Waals surface area contributed by atoms with Crippen LogP contribution in [0.3, 0.4) is 0 Å². The van der Waals surface area contributed by atoms with E-state index >= 15 is 0 Å². The minimum absolute atomic E-state index is 0.455. The lowest BCUT2D eigenvalue weighted by atomic mass is 9.97. The minimum atomic E-state index is -4.59. The highest BCUT2D eigenvalue weighted by atomic mass is 19.4. The molecule has 3 nitrogen and oxygen atoms in total. The SMILES string of the molecule is CC(O)C(C)(C)NC(=O)c1ccccc1C(F)(F)F. The molecule has 0 saturated heterocycles. The highest BCUT2D eigenvalue weighted by molar-refractivity contribution is 5.96. The third-order valence-electron chi connectivity index (χ3n) is 2.96. The molecule has 0 heterocycles. The van der Waals surface area contributed by atoms with Crippen molar-refractivity contribution in [3.8, 4) is 0 Å². The number of hydrogen-bond donors (Lipinski definition) is 2. The average Bonchev–Trinajstić information content (AvgIpc) is 2.27. The molecule has 1 unspecified atom stereocenters. The van der Waals surface area contributed by atoms with Gasteiger partial charge in [-0.2, -0.15) is 13.2 Å². The normalized spacial score (nSPS) is 14.1. The van der Waals surface area contributed by atoms with E-state index < -0.39 is 34.9 Å². The lowest BCUT2D eigenvalue weighted by Crippen LogP contribution is -2.51. The van der Waals surface area contributed by atoms with Gasteiger partial charge in [0.1, 0.15) is 0 Å². The van der Waals surface area contributed by atoms with Gasteiger partial charge in [-0.1, -0.05) is 12.1 Å². The topological polar surface area (TPSA) is 49.3 Å². The molecule has 0 aliphatic carbocycles. The summed E-state index contributed by atoms with van der Waals surface area (Å²) < 4.78 is 38.3. The molecular weight excluding hydrogens is 259 g/mol. The molecule has 0 aliphatic heterocycles. The Kier molecular flexibility index (Phi) is 4.25. The van der Waals surface area contributed by atoms with Gasteiger partial charge in [0.25, 0.3) is 5.91 Å². The molecule has 0 radical (unpaired) electrons. The van der Waals surface area contributed by atoms with Crippen LogP contribution in [0.15, 0.2) is 24.3 Å². The maximum Gasteiger partial charge on any atom is 0.417 e. The molecule has 1 aromatic carbocycles. The van der Waals surface area contributed by atoms with Crippen LogP contribution in [0.1, 0.15) is 36.7 Å². The van der Waals surface area contributed by atoms with E-state index in [0.29, 0.717) is 0 Å². The van der Waals surface area contributed by atoms with E-state index in [1.54, 1.807) is 0 Å². The minimum Gasteiger partial charge on any atom is -0.391 e. The van der Waals surface area contributed by atoms with Crippen LogP contribution in [-0.2, 0) is 6.18 Å². The number of amides is 1. The van der Waals surface area contributed by atoms with Crippen LogP contribution in [0.25, 0.3) is 0 Å². The second kappa shape index (κ2) is 5.21. The molecule has 6 heteroatoms. The lowest BCUT2D eigenvalue weighted by Gasteiger charge is -2.29. The van der Waals surface area contributed by atoms with Crippen molar-refractivity contribution in [2.75, 3.05) is 0 Å². The van der Waals surface area contributed by atoms with Crippen LogP contribution in [0.4, 0.5) is 13.2 Å². The van der Waals surface area contributed by atoms with Gasteiger partial charge in [0, 0.05) is 0 Å². The molecule has 0 aliphatic rings. The Balaban J connectivity index is 3.08. The molecular formula is C13H16F3NO2. The molecule has 1 rings (SSSR count). The smallest absolute Gasteiger partial charge is 0.391 e. The Hall–Kier alpha value is -1.56. The lowest BCUT2D eigenvalue weighted by molar-refractivity contribution is -0.138. The van der Waals surface area contributed by atoms with E-state index in [1.165, 1.54) is 32.9 Å². The van der Waals surface area contributed by atoms with Gasteiger partial charge in [0.15, 0.2) is 0 Å². The van der Waals surface area contributed by atoms with Crippen molar-refractivity contribution in [3.05, 3.63) is 35.4 Å². The van der Waals surface area contributed by atoms with Gasteiger partial charge in [-0.05, 0) is 32.9 Å². The molecule has 0 spiro atoms. The molecule has 0 aromatic heterocycles. The average molecular weight is 275 g/mol. The molecule has 1 atom stereocenters. The number of halogens is 3. The molecule has 1 aromatic rings. The molecule has 0 bridgehead atoms. The van der Waals surface area contributed by atoms with Crippen molar-refractivity contribution in [1.29, 1.82) is 0 Å². The van der Waals surface area contributed by atoms with E-state index in [4.69, 9.17) is 0 Å². The maximum absolute atomic E-state index is 12.8. The predicted molar refractivity (Wildman–Crippen MR) is 64.7 cm³/mol. The van der Waals surface area contributed by atoms with Crippen LogP contribution in [0.2, 0.25) is 0 Å². The Labute approximate surface area is 109 Å². The number of carbonyl (C=O) groups excluding carboxylic acids is 1. The maximum atomic E-state index is 12.8. The third kappa shape index (κ3) is 3.70. The first kappa shape index (κ1) is 15.5. The fraction of sp³-hybridized carbons (Fsp3) is 0.462. The predicted octanol–water partition coefficient (Wildman–Crippen LogP) is 2.59. The van der Waals surface area contributed by atoms with Gasteiger partial charge in [-0.15, -0.1) is 0 Å². The van der Waals surface area contributed by atoms with Crippen LogP contribution < -0.4 is 5.32 Å². The Bertz CT molecular complexity index is 467. The van der Waals surface area contributed by atoms with E-state index in [-0.39, 0.29) is 0 Å². The fourth-order valence-electron chi connectivity index (χ4n) is 1.39. The van der Waals surface area contributed by atoms with Crippen molar-refractivity contribution >= 4 is 5.91 Å². The van der Waals surface area contributed by atoms with E-state index in [0.717, 1.165) is 12.1 Å². The molecule has 106 valence electrons. The van der Waals surface area contributed by atoms with Crippen molar-refractivity contribution < 1.29 is 23.1 Å². The number of nitrogens with one attached hydrogen (secondary N) is 1. The Morgan fingerprint density at radius 3 is 2.26 bits per heavy atom. The third-order valence-corrected chi connectivity index (χ3v) is 2.96. The highest BCUT2D eigenvalue weighted by Crippen LogP contribution is 2.32. The zero-order valence-electron chi connectivity index (χ0n) is 10.9. The van der Waals surface area contributed by atoms with Crippen molar-refractivity contribution in [3.63, 3.8) is 0 Å². The second-order valence-corrected chi connectivity index (χ2v) is 4.90. The summed E-state index contributed by atoms with van der Waals surface area (Å²) in [5, 5.41) is 11.9. The molecule has 19 heavy (non-hydrogen) atoms. The van der Waals surface area contributed by atoms with Crippen LogP contribution in [0.5, 0.6) is 0 Å². The first-order valence-corrected chi connectivity index (χ1v) is 5.72. The number of aliphatic hydroxyl groups excluding tert-OH is 1. The molecule has 0 saturated carbocycles. The van der Waals surface area contributed by atoms with Crippen LogP contribution >= 0.6 is 0 Å². The van der Waals surface area contributed by atoms with Crippen molar-refractivity contribution in [2.45, 2.75) is 38.6 Å². The van der Waals surface area contributed by atoms with Gasteiger partial charge in [-0.3, -0.25) is 4.79 Å². The van der Waals surface area contributed by atoms with Crippen LogP contribution in [0, 0.1) is 0 Å². The zero-order chi connectivity index (χ0) is 14.8. The van der Waals surface area contributed by atoms with Gasteiger partial charge in [0.2, 0.25) is 0 Å². The van der Waals surface area contributed by atoms with Gasteiger partial charge >= 0.3 is 6.18 Å². The second-order valence-electron chi connectivity index (χ2n) is 4.90. The largest absolute Gasteiger partial charge is 0.417 e. The first-order valence-electron chi connectivity index (χ1n) is 5.72. The van der Waals surface area contributed by atoms with Gasteiger partial charge in [-0.25, -0.2) is 0 Å². The molecule has 1 amide bonds. The fourth-order valence-corrected chi connectivity index (χ4v) is 1.39. The van der Waals surface area contributed by atoms with E-state index in [9.17, 15) is 23.1 Å². The molecule has 2 N–H and O–H groups in total. The number of carbonyl (C=O) groups is 1. The Morgan fingerprint density at radius 1 is 1.26 bits per heavy atom. The number of benzene rings is 1. The summed E-state index contributed by atoms with van der Waals surface area (Å²) in [5.41, 5.74) is -2.46. The summed E-state index contributed by atoms with van der Waals surface area (Å²) in [7, 11) is 0. The standard InChI is InChI=1S/C13H16F3NO2/c1-8(18)12(2,3)17-11(19)9-6-4-5-7-10(9)13(14,15)16/h4-8,18H,1-3H3,(H,17,19). The van der Waals surface area contributed by atoms with E-state index in [1.807, 2.05) is 0 Å². The summed E-state index contributed by atoms with van der Waals surface area (Å²) in [6, 6.07) is 4.54. The first-order chi connectivity index (χ1) is 8.55. The summed E-state index contributed by atoms with van der Waals surface area (Å²) in [6.45, 7) is 4.52.